The third-order valence-electron chi connectivity index (χ3n) is 2.76. The largest absolute Gasteiger partial charge is 0.399 e. The van der Waals surface area contributed by atoms with Gasteiger partial charge in [0.15, 0.2) is 0 Å². The van der Waals surface area contributed by atoms with Crippen molar-refractivity contribution in [1.82, 2.24) is 0 Å². The minimum atomic E-state index is 0.113. The highest BCUT2D eigenvalue weighted by Crippen LogP contribution is 2.24. The van der Waals surface area contributed by atoms with Gasteiger partial charge < -0.3 is 25.8 Å². The van der Waals surface area contributed by atoms with Crippen LogP contribution in [0.4, 0.5) is 17.1 Å². The van der Waals surface area contributed by atoms with Crippen LogP contribution in [0.5, 0.6) is 0 Å². The van der Waals surface area contributed by atoms with Crippen LogP contribution in [0.25, 0.3) is 0 Å². The molecule has 1 aromatic rings. The summed E-state index contributed by atoms with van der Waals surface area (Å²) in [4.78, 5) is 2.25. The fourth-order valence-electron chi connectivity index (χ4n) is 1.94. The van der Waals surface area contributed by atoms with Gasteiger partial charge in [0.25, 0.3) is 0 Å². The molecule has 0 amide bonds. The summed E-state index contributed by atoms with van der Waals surface area (Å²) < 4.78 is 5.32. The van der Waals surface area contributed by atoms with E-state index in [0.717, 1.165) is 43.4 Å². The van der Waals surface area contributed by atoms with E-state index in [1.165, 1.54) is 0 Å². The maximum Gasteiger partial charge on any atom is 0.0642 e. The monoisotopic (exact) mass is 237 g/mol. The molecule has 0 saturated carbocycles. The quantitative estimate of drug-likeness (QED) is 0.666. The molecule has 1 aliphatic rings. The number of hydrogen-bond acceptors (Lipinski definition) is 5. The number of nitrogen functional groups attached to an aromatic ring is 1. The lowest BCUT2D eigenvalue weighted by molar-refractivity contribution is 0.122. The summed E-state index contributed by atoms with van der Waals surface area (Å²) in [6.45, 7) is 3.95. The zero-order chi connectivity index (χ0) is 12.1. The third kappa shape index (κ3) is 3.25. The van der Waals surface area contributed by atoms with Crippen LogP contribution in [-0.4, -0.2) is 44.6 Å². The number of morpholine rings is 1. The van der Waals surface area contributed by atoms with Gasteiger partial charge in [0.05, 0.1) is 19.8 Å². The number of nitrogens with one attached hydrogen (secondary N) is 1. The van der Waals surface area contributed by atoms with Crippen molar-refractivity contribution in [3.63, 3.8) is 0 Å². The number of aliphatic hydroxyl groups excluding tert-OH is 1. The Hall–Kier alpha value is -1.46. The molecule has 2 rings (SSSR count). The molecule has 0 unspecified atom stereocenters. The number of nitrogens with zero attached hydrogens (tertiary/aromatic N) is 1. The molecule has 1 aromatic carbocycles. The van der Waals surface area contributed by atoms with Crippen molar-refractivity contribution in [2.75, 3.05) is 55.4 Å². The number of rotatable bonds is 4. The second-order valence-electron chi connectivity index (χ2n) is 4.06. The average Bonchev–Trinajstić information content (AvgIpc) is 2.37. The molecule has 0 radical (unpaired) electrons. The summed E-state index contributed by atoms with van der Waals surface area (Å²) in [6, 6.07) is 5.90. The molecule has 1 aliphatic heterocycles. The van der Waals surface area contributed by atoms with E-state index in [1.54, 1.807) is 0 Å². The van der Waals surface area contributed by atoms with Gasteiger partial charge in [0.1, 0.15) is 0 Å². The van der Waals surface area contributed by atoms with E-state index < -0.39 is 0 Å². The number of ether oxygens (including phenoxy) is 1. The van der Waals surface area contributed by atoms with Crippen molar-refractivity contribution in [3.8, 4) is 0 Å². The Morgan fingerprint density at radius 1 is 1.29 bits per heavy atom. The van der Waals surface area contributed by atoms with Gasteiger partial charge in [0.2, 0.25) is 0 Å². The topological polar surface area (TPSA) is 70.8 Å². The molecule has 4 N–H and O–H groups in total. The highest BCUT2D eigenvalue weighted by Gasteiger charge is 2.12. The SMILES string of the molecule is Nc1cc(NCCO)cc(N2CCOCC2)c1. The highest BCUT2D eigenvalue weighted by atomic mass is 16.5. The van der Waals surface area contributed by atoms with E-state index in [0.29, 0.717) is 6.54 Å². The van der Waals surface area contributed by atoms with E-state index in [-0.39, 0.29) is 6.61 Å². The first-order valence-corrected chi connectivity index (χ1v) is 5.87. The van der Waals surface area contributed by atoms with Gasteiger partial charge in [0, 0.05) is 36.7 Å². The minimum Gasteiger partial charge on any atom is -0.399 e. The summed E-state index contributed by atoms with van der Waals surface area (Å²) >= 11 is 0. The number of hydrogen-bond donors (Lipinski definition) is 3. The second-order valence-corrected chi connectivity index (χ2v) is 4.06. The summed E-state index contributed by atoms with van der Waals surface area (Å²) in [5.41, 5.74) is 8.66. The van der Waals surface area contributed by atoms with E-state index in [4.69, 9.17) is 15.6 Å². The predicted octanol–water partition coefficient (Wildman–Crippen LogP) is 0.510. The van der Waals surface area contributed by atoms with Crippen LogP contribution >= 0.6 is 0 Å². The normalized spacial score (nSPS) is 15.9. The highest BCUT2D eigenvalue weighted by molar-refractivity contribution is 5.66. The Kier molecular flexibility index (Phi) is 4.06. The van der Waals surface area contributed by atoms with Gasteiger partial charge in [-0.15, -0.1) is 0 Å². The van der Waals surface area contributed by atoms with Crippen LogP contribution in [0, 0.1) is 0 Å². The number of nitrogens with two attached hydrogens (primary N) is 1. The predicted molar refractivity (Wildman–Crippen MR) is 69.5 cm³/mol. The maximum atomic E-state index is 8.79. The van der Waals surface area contributed by atoms with E-state index in [9.17, 15) is 0 Å². The van der Waals surface area contributed by atoms with E-state index in [1.807, 2.05) is 12.1 Å². The molecule has 5 heteroatoms. The molecule has 0 aliphatic carbocycles. The van der Waals surface area contributed by atoms with Crippen molar-refractivity contribution in [2.24, 2.45) is 0 Å². The molecule has 17 heavy (non-hydrogen) atoms. The molecule has 1 heterocycles. The van der Waals surface area contributed by atoms with Crippen molar-refractivity contribution in [3.05, 3.63) is 18.2 Å². The molecule has 5 nitrogen and oxygen atoms in total. The zero-order valence-corrected chi connectivity index (χ0v) is 9.85. The maximum absolute atomic E-state index is 8.79. The first-order valence-electron chi connectivity index (χ1n) is 5.87. The number of aliphatic hydroxyl groups is 1. The van der Waals surface area contributed by atoms with Crippen molar-refractivity contribution >= 4 is 17.1 Å². The van der Waals surface area contributed by atoms with Crippen LogP contribution in [0.2, 0.25) is 0 Å². The second kappa shape index (κ2) is 5.75. The van der Waals surface area contributed by atoms with Crippen LogP contribution in [-0.2, 0) is 4.74 Å². The van der Waals surface area contributed by atoms with Crippen LogP contribution in [0.15, 0.2) is 18.2 Å². The molecule has 94 valence electrons. The molecule has 1 saturated heterocycles. The van der Waals surface area contributed by atoms with Gasteiger partial charge >= 0.3 is 0 Å². The fraction of sp³-hybridized carbons (Fsp3) is 0.500. The third-order valence-corrected chi connectivity index (χ3v) is 2.76. The summed E-state index contributed by atoms with van der Waals surface area (Å²) in [5.74, 6) is 0. The molecule has 0 aromatic heterocycles. The summed E-state index contributed by atoms with van der Waals surface area (Å²) in [7, 11) is 0. The Balaban J connectivity index is 2.12. The van der Waals surface area contributed by atoms with E-state index >= 15 is 0 Å². The van der Waals surface area contributed by atoms with Gasteiger partial charge in [-0.05, 0) is 18.2 Å². The number of benzene rings is 1. The van der Waals surface area contributed by atoms with Gasteiger partial charge in [-0.2, -0.15) is 0 Å². The lowest BCUT2D eigenvalue weighted by Gasteiger charge is -2.29. The van der Waals surface area contributed by atoms with Crippen LogP contribution in [0.3, 0.4) is 0 Å². The average molecular weight is 237 g/mol. The molecular formula is C12H19N3O2. The van der Waals surface area contributed by atoms with Crippen LogP contribution < -0.4 is 16.0 Å². The molecule has 1 fully saturated rings. The van der Waals surface area contributed by atoms with Crippen molar-refractivity contribution in [1.29, 1.82) is 0 Å². The van der Waals surface area contributed by atoms with Gasteiger partial charge in [-0.1, -0.05) is 0 Å². The van der Waals surface area contributed by atoms with Gasteiger partial charge in [-0.3, -0.25) is 0 Å². The van der Waals surface area contributed by atoms with E-state index in [2.05, 4.69) is 16.3 Å². The molecular weight excluding hydrogens is 218 g/mol. The first-order chi connectivity index (χ1) is 8.29. The molecule has 0 bridgehead atoms. The lowest BCUT2D eigenvalue weighted by atomic mass is 10.2. The molecule has 0 spiro atoms. The molecule has 0 atom stereocenters. The van der Waals surface area contributed by atoms with Crippen molar-refractivity contribution < 1.29 is 9.84 Å². The Labute approximate surface area is 101 Å². The van der Waals surface area contributed by atoms with Crippen LogP contribution in [0.1, 0.15) is 0 Å². The number of anilines is 3. The fourth-order valence-corrected chi connectivity index (χ4v) is 1.94. The first kappa shape index (κ1) is 12.0. The minimum absolute atomic E-state index is 0.113. The Morgan fingerprint density at radius 2 is 2.06 bits per heavy atom. The zero-order valence-electron chi connectivity index (χ0n) is 9.85. The summed E-state index contributed by atoms with van der Waals surface area (Å²) in [6.07, 6.45) is 0. The Bertz CT molecular complexity index is 365. The summed E-state index contributed by atoms with van der Waals surface area (Å²) in [5, 5.41) is 11.9. The smallest absolute Gasteiger partial charge is 0.0642 e. The van der Waals surface area contributed by atoms with Crippen molar-refractivity contribution in [2.45, 2.75) is 0 Å². The van der Waals surface area contributed by atoms with Gasteiger partial charge in [-0.25, -0.2) is 0 Å². The standard InChI is InChI=1S/C12H19N3O2/c13-10-7-11(14-1-4-16)9-12(8-10)15-2-5-17-6-3-15/h7-9,14,16H,1-6,13H2. The lowest BCUT2D eigenvalue weighted by Crippen LogP contribution is -2.36. The Morgan fingerprint density at radius 3 is 2.76 bits per heavy atom.